The highest BCUT2D eigenvalue weighted by atomic mass is 32.1. The average molecular weight is 392 g/mol. The number of anilines is 1. The summed E-state index contributed by atoms with van der Waals surface area (Å²) in [5.74, 6) is -0.586. The van der Waals surface area contributed by atoms with Gasteiger partial charge in [-0.15, -0.1) is 0 Å². The number of esters is 1. The van der Waals surface area contributed by atoms with Crippen LogP contribution in [0.4, 0.5) is 10.5 Å². The van der Waals surface area contributed by atoms with Gasteiger partial charge in [-0.25, -0.2) is 4.79 Å². The Bertz CT molecular complexity index is 688. The van der Waals surface area contributed by atoms with Crippen molar-refractivity contribution in [1.29, 1.82) is 5.26 Å². The third-order valence-corrected chi connectivity index (χ3v) is 3.74. The number of nitrogens with one attached hydrogen (secondary N) is 2. The summed E-state index contributed by atoms with van der Waals surface area (Å²) in [7, 11) is 0. The van der Waals surface area contributed by atoms with Crippen LogP contribution in [-0.2, 0) is 14.3 Å². The first-order valence-electron chi connectivity index (χ1n) is 8.51. The topological polar surface area (TPSA) is 112 Å². The second kappa shape index (κ2) is 11.8. The minimum Gasteiger partial charge on any atom is -0.466 e. The molecule has 0 saturated carbocycles. The monoisotopic (exact) mass is 392 g/mol. The molecule has 3 amide bonds. The summed E-state index contributed by atoms with van der Waals surface area (Å²) in [4.78, 5) is 37.0. The highest BCUT2D eigenvalue weighted by Crippen LogP contribution is 2.21. The van der Waals surface area contributed by atoms with Crippen molar-refractivity contribution in [3.8, 4) is 6.07 Å². The van der Waals surface area contributed by atoms with Crippen LogP contribution in [0.2, 0.25) is 0 Å². The number of carbonyl (C=O) groups is 3. The number of hydrogen-bond acceptors (Lipinski definition) is 6. The normalized spacial score (nSPS) is 15.3. The minimum atomic E-state index is -0.613. The van der Waals surface area contributed by atoms with Crippen LogP contribution in [0, 0.1) is 11.3 Å². The summed E-state index contributed by atoms with van der Waals surface area (Å²) < 4.78 is 4.76. The van der Waals surface area contributed by atoms with E-state index in [4.69, 9.17) is 10.00 Å². The van der Waals surface area contributed by atoms with E-state index in [1.807, 2.05) is 6.07 Å². The van der Waals surface area contributed by atoms with E-state index in [0.717, 1.165) is 0 Å². The highest BCUT2D eigenvalue weighted by molar-refractivity contribution is 7.79. The molecule has 27 heavy (non-hydrogen) atoms. The van der Waals surface area contributed by atoms with E-state index in [1.54, 1.807) is 42.3 Å². The molecule has 1 fully saturated rings. The van der Waals surface area contributed by atoms with Crippen LogP contribution in [0.1, 0.15) is 25.3 Å². The summed E-state index contributed by atoms with van der Waals surface area (Å²) in [6.45, 7) is 2.64. The number of hydrogen-bond donors (Lipinski definition) is 3. The van der Waals surface area contributed by atoms with Crippen LogP contribution in [0.5, 0.6) is 0 Å². The van der Waals surface area contributed by atoms with Crippen LogP contribution in [0.15, 0.2) is 24.3 Å². The lowest BCUT2D eigenvalue weighted by molar-refractivity contribution is -0.142. The molecular weight excluding hydrogens is 368 g/mol. The summed E-state index contributed by atoms with van der Waals surface area (Å²) in [6, 6.07) is 7.62. The molecule has 0 radical (unpaired) electrons. The third kappa shape index (κ3) is 6.83. The Morgan fingerprint density at radius 2 is 2.00 bits per heavy atom. The van der Waals surface area contributed by atoms with Gasteiger partial charge in [-0.3, -0.25) is 9.59 Å². The molecule has 1 atom stereocenters. The third-order valence-electron chi connectivity index (χ3n) is 3.74. The average Bonchev–Trinajstić information content (AvgIpc) is 3.04. The SMILES string of the molecule is CCOC(=O)CCNC(=O)N[C@H]1CCN(c2ccc(C#N)cc2)C1=O.CS. The number of nitrogens with zero attached hydrogens (tertiary/aromatic N) is 2. The standard InChI is InChI=1S/C17H20N4O4.CH4S/c1-2-25-15(22)7-9-19-17(24)20-14-8-10-21(16(14)23)13-5-3-12(11-18)4-6-13;1-2/h3-6,14H,2,7-10H2,1H3,(H2,19,20,24);2H,1H3/t14-;/m0./s1. The smallest absolute Gasteiger partial charge is 0.315 e. The molecule has 0 aliphatic carbocycles. The summed E-state index contributed by atoms with van der Waals surface area (Å²) >= 11 is 3.53. The maximum Gasteiger partial charge on any atom is 0.315 e. The van der Waals surface area contributed by atoms with Crippen molar-refractivity contribution in [2.45, 2.75) is 25.8 Å². The molecule has 1 saturated heterocycles. The number of rotatable bonds is 6. The molecule has 2 rings (SSSR count). The lowest BCUT2D eigenvalue weighted by atomic mass is 10.2. The first kappa shape index (κ1) is 22.3. The van der Waals surface area contributed by atoms with Gasteiger partial charge in [-0.2, -0.15) is 17.9 Å². The van der Waals surface area contributed by atoms with E-state index in [9.17, 15) is 14.4 Å². The van der Waals surface area contributed by atoms with Gasteiger partial charge in [0.25, 0.3) is 0 Å². The van der Waals surface area contributed by atoms with Crippen LogP contribution < -0.4 is 15.5 Å². The Morgan fingerprint density at radius 1 is 1.33 bits per heavy atom. The quantitative estimate of drug-likeness (QED) is 0.501. The molecular formula is C18H24N4O4S. The summed E-state index contributed by atoms with van der Waals surface area (Å²) in [6.07, 6.45) is 2.27. The zero-order valence-electron chi connectivity index (χ0n) is 15.4. The van der Waals surface area contributed by atoms with Crippen molar-refractivity contribution in [2.75, 3.05) is 30.9 Å². The van der Waals surface area contributed by atoms with Gasteiger partial charge in [-0.1, -0.05) is 0 Å². The molecule has 0 spiro atoms. The van der Waals surface area contributed by atoms with Gasteiger partial charge in [-0.05, 0) is 43.9 Å². The second-order valence-corrected chi connectivity index (χ2v) is 5.45. The summed E-state index contributed by atoms with van der Waals surface area (Å²) in [5.41, 5.74) is 1.21. The maximum atomic E-state index is 12.4. The first-order chi connectivity index (χ1) is 13.0. The van der Waals surface area contributed by atoms with Crippen molar-refractivity contribution in [1.82, 2.24) is 10.6 Å². The molecule has 2 N–H and O–H groups in total. The predicted octanol–water partition coefficient (Wildman–Crippen LogP) is 1.46. The van der Waals surface area contributed by atoms with E-state index < -0.39 is 12.1 Å². The molecule has 0 unspecified atom stereocenters. The van der Waals surface area contributed by atoms with Crippen molar-refractivity contribution in [2.24, 2.45) is 0 Å². The number of nitriles is 1. The number of carbonyl (C=O) groups excluding carboxylic acids is 3. The van der Waals surface area contributed by atoms with Gasteiger partial charge >= 0.3 is 12.0 Å². The van der Waals surface area contributed by atoms with Crippen molar-refractivity contribution >= 4 is 36.2 Å². The second-order valence-electron chi connectivity index (χ2n) is 5.45. The molecule has 9 heteroatoms. The molecule has 1 aliphatic heterocycles. The van der Waals surface area contributed by atoms with E-state index >= 15 is 0 Å². The van der Waals surface area contributed by atoms with Gasteiger partial charge in [0.15, 0.2) is 0 Å². The Labute approximate surface area is 164 Å². The molecule has 1 aromatic rings. The van der Waals surface area contributed by atoms with Gasteiger partial charge in [0, 0.05) is 18.8 Å². The van der Waals surface area contributed by atoms with E-state index in [2.05, 4.69) is 23.3 Å². The fourth-order valence-electron chi connectivity index (χ4n) is 2.51. The Hall–Kier alpha value is -2.73. The van der Waals surface area contributed by atoms with Crippen molar-refractivity contribution < 1.29 is 19.1 Å². The number of thiol groups is 1. The molecule has 1 aromatic carbocycles. The van der Waals surface area contributed by atoms with Crippen molar-refractivity contribution in [3.63, 3.8) is 0 Å². The molecule has 0 bridgehead atoms. The Morgan fingerprint density at radius 3 is 2.59 bits per heavy atom. The van der Waals surface area contributed by atoms with Gasteiger partial charge in [0.05, 0.1) is 24.7 Å². The number of ether oxygens (including phenoxy) is 1. The van der Waals surface area contributed by atoms with Gasteiger partial charge in [0.1, 0.15) is 6.04 Å². The number of amides is 3. The first-order valence-corrected chi connectivity index (χ1v) is 9.41. The van der Waals surface area contributed by atoms with E-state index in [0.29, 0.717) is 30.8 Å². The maximum absolute atomic E-state index is 12.4. The lowest BCUT2D eigenvalue weighted by Crippen LogP contribution is -2.46. The fourth-order valence-corrected chi connectivity index (χ4v) is 2.51. The van der Waals surface area contributed by atoms with Crippen LogP contribution >= 0.6 is 12.6 Å². The Kier molecular flexibility index (Phi) is 9.75. The zero-order valence-corrected chi connectivity index (χ0v) is 16.3. The molecule has 8 nitrogen and oxygen atoms in total. The fraction of sp³-hybridized carbons (Fsp3) is 0.444. The zero-order chi connectivity index (χ0) is 20.2. The summed E-state index contributed by atoms with van der Waals surface area (Å²) in [5, 5.41) is 14.0. The lowest BCUT2D eigenvalue weighted by Gasteiger charge is -2.17. The highest BCUT2D eigenvalue weighted by Gasteiger charge is 2.33. The van der Waals surface area contributed by atoms with E-state index in [1.165, 1.54) is 0 Å². The molecule has 1 aliphatic rings. The van der Waals surface area contributed by atoms with Crippen molar-refractivity contribution in [3.05, 3.63) is 29.8 Å². The predicted molar refractivity (Wildman–Crippen MR) is 105 cm³/mol. The van der Waals surface area contributed by atoms with E-state index in [-0.39, 0.29) is 24.8 Å². The van der Waals surface area contributed by atoms with Crippen LogP contribution in [0.25, 0.3) is 0 Å². The molecule has 146 valence electrons. The molecule has 0 aromatic heterocycles. The van der Waals surface area contributed by atoms with Crippen LogP contribution in [-0.4, -0.2) is 49.9 Å². The van der Waals surface area contributed by atoms with Crippen LogP contribution in [0.3, 0.4) is 0 Å². The molecule has 1 heterocycles. The van der Waals surface area contributed by atoms with Gasteiger partial charge < -0.3 is 20.3 Å². The Balaban J connectivity index is 0.00000176. The van der Waals surface area contributed by atoms with Gasteiger partial charge in [0.2, 0.25) is 5.91 Å². The minimum absolute atomic E-state index is 0.0806. The number of urea groups is 1. The largest absolute Gasteiger partial charge is 0.466 e. The number of benzene rings is 1.